The van der Waals surface area contributed by atoms with Crippen LogP contribution in [0.5, 0.6) is 11.6 Å². The number of hydrogen-bond acceptors (Lipinski definition) is 6. The third-order valence-electron chi connectivity index (χ3n) is 4.64. The second-order valence-corrected chi connectivity index (χ2v) is 6.10. The second-order valence-electron chi connectivity index (χ2n) is 6.10. The molecule has 0 aliphatic carbocycles. The lowest BCUT2D eigenvalue weighted by molar-refractivity contribution is 0.263. The van der Waals surface area contributed by atoms with E-state index in [1.165, 1.54) is 12.3 Å². The third-order valence-corrected chi connectivity index (χ3v) is 4.64. The average Bonchev–Trinajstić information content (AvgIpc) is 3.04. The van der Waals surface area contributed by atoms with Crippen molar-refractivity contribution in [3.05, 3.63) is 71.9 Å². The highest BCUT2D eigenvalue weighted by Crippen LogP contribution is 2.52. The molecule has 6 nitrogen and oxygen atoms in total. The highest BCUT2D eigenvalue weighted by Gasteiger charge is 2.48. The lowest BCUT2D eigenvalue weighted by Crippen LogP contribution is -2.32. The number of ether oxygens (including phenoxy) is 2. The number of pyridine rings is 2. The molecule has 0 bridgehead atoms. The third kappa shape index (κ3) is 2.00. The molecular weight excluding hydrogens is 335 g/mol. The summed E-state index contributed by atoms with van der Waals surface area (Å²) in [6.45, 7) is 0.221. The van der Waals surface area contributed by atoms with Crippen molar-refractivity contribution in [1.29, 1.82) is 0 Å². The van der Waals surface area contributed by atoms with Gasteiger partial charge in [0.15, 0.2) is 5.54 Å². The Hall–Kier alpha value is -3.48. The van der Waals surface area contributed by atoms with Crippen molar-refractivity contribution in [2.24, 2.45) is 10.7 Å². The van der Waals surface area contributed by atoms with E-state index in [-0.39, 0.29) is 12.6 Å². The van der Waals surface area contributed by atoms with E-state index in [1.54, 1.807) is 18.3 Å². The quantitative estimate of drug-likeness (QED) is 0.684. The van der Waals surface area contributed by atoms with Crippen molar-refractivity contribution in [3.63, 3.8) is 0 Å². The molecule has 1 unspecified atom stereocenters. The Morgan fingerprint density at radius 1 is 1.08 bits per heavy atom. The van der Waals surface area contributed by atoms with Gasteiger partial charge in [-0.25, -0.2) is 15.0 Å². The van der Waals surface area contributed by atoms with Crippen molar-refractivity contribution in [2.45, 2.75) is 5.54 Å². The number of benzene rings is 1. The minimum atomic E-state index is -0.891. The van der Waals surface area contributed by atoms with Crippen LogP contribution < -0.4 is 10.5 Å². The monoisotopic (exact) mass is 348 g/mol. The molecule has 0 radical (unpaired) electrons. The molecule has 0 fully saturated rings. The van der Waals surface area contributed by atoms with E-state index in [0.29, 0.717) is 22.8 Å². The maximum atomic E-state index is 13.7. The number of nitrogens with zero attached hydrogens (tertiary/aromatic N) is 3. The first-order valence-electron chi connectivity index (χ1n) is 8.04. The number of halogens is 1. The first-order valence-corrected chi connectivity index (χ1v) is 8.04. The van der Waals surface area contributed by atoms with Crippen LogP contribution in [-0.2, 0) is 10.3 Å². The summed E-state index contributed by atoms with van der Waals surface area (Å²) in [6.07, 6.45) is 3.04. The standard InChI is InChI=1S/C19H13FN4O2/c20-15-9-11(5-7-22-15)12-6-8-23-17-16(12)19(10-25-18(21)24-19)13-3-1-2-4-14(13)26-17/h1-9H,10H2,(H2,21,24). The molecule has 1 spiro atoms. The van der Waals surface area contributed by atoms with Gasteiger partial charge in [0.05, 0.1) is 5.56 Å². The Kier molecular flexibility index (Phi) is 3.00. The van der Waals surface area contributed by atoms with E-state index >= 15 is 0 Å². The number of para-hydroxylation sites is 1. The molecule has 2 aromatic heterocycles. The summed E-state index contributed by atoms with van der Waals surface area (Å²) in [7, 11) is 0. The fourth-order valence-electron chi connectivity index (χ4n) is 3.56. The van der Waals surface area contributed by atoms with Gasteiger partial charge in [-0.15, -0.1) is 0 Å². The van der Waals surface area contributed by atoms with E-state index in [0.717, 1.165) is 11.1 Å². The zero-order valence-corrected chi connectivity index (χ0v) is 13.5. The molecule has 7 heteroatoms. The summed E-state index contributed by atoms with van der Waals surface area (Å²) < 4.78 is 25.3. The molecule has 3 aromatic rings. The predicted octanol–water partition coefficient (Wildman–Crippen LogP) is 2.98. The van der Waals surface area contributed by atoms with Crippen LogP contribution in [0.15, 0.2) is 59.9 Å². The number of aliphatic imine (C=N–C) groups is 1. The van der Waals surface area contributed by atoms with Crippen molar-refractivity contribution in [2.75, 3.05) is 6.61 Å². The van der Waals surface area contributed by atoms with Gasteiger partial charge in [0.1, 0.15) is 12.4 Å². The highest BCUT2D eigenvalue weighted by atomic mass is 19.1. The molecule has 2 aliphatic rings. The van der Waals surface area contributed by atoms with Crippen LogP contribution in [0.3, 0.4) is 0 Å². The zero-order valence-electron chi connectivity index (χ0n) is 13.5. The van der Waals surface area contributed by atoms with Crippen LogP contribution in [0.4, 0.5) is 4.39 Å². The molecule has 128 valence electrons. The normalized spacial score (nSPS) is 20.0. The van der Waals surface area contributed by atoms with E-state index in [2.05, 4.69) is 15.0 Å². The summed E-state index contributed by atoms with van der Waals surface area (Å²) in [6, 6.07) is 12.6. The molecule has 26 heavy (non-hydrogen) atoms. The number of hydrogen-bond donors (Lipinski definition) is 1. The van der Waals surface area contributed by atoms with Crippen molar-refractivity contribution >= 4 is 6.02 Å². The molecule has 1 aromatic carbocycles. The summed E-state index contributed by atoms with van der Waals surface area (Å²) >= 11 is 0. The van der Waals surface area contributed by atoms with E-state index in [4.69, 9.17) is 15.2 Å². The summed E-state index contributed by atoms with van der Waals surface area (Å²) in [5.41, 5.74) is 7.90. The van der Waals surface area contributed by atoms with Crippen LogP contribution in [-0.4, -0.2) is 22.6 Å². The molecule has 5 rings (SSSR count). The van der Waals surface area contributed by atoms with Gasteiger partial charge in [0.2, 0.25) is 11.8 Å². The van der Waals surface area contributed by atoms with Crippen LogP contribution in [0, 0.1) is 5.95 Å². The number of amidine groups is 1. The predicted molar refractivity (Wildman–Crippen MR) is 92.3 cm³/mol. The van der Waals surface area contributed by atoms with E-state index in [1.807, 2.05) is 24.3 Å². The number of nitrogens with two attached hydrogens (primary N) is 1. The van der Waals surface area contributed by atoms with Crippen molar-refractivity contribution in [3.8, 4) is 22.8 Å². The Balaban J connectivity index is 1.84. The van der Waals surface area contributed by atoms with Crippen molar-refractivity contribution < 1.29 is 13.9 Å². The topological polar surface area (TPSA) is 82.6 Å². The molecule has 2 N–H and O–H groups in total. The Morgan fingerprint density at radius 3 is 2.73 bits per heavy atom. The molecule has 0 amide bonds. The van der Waals surface area contributed by atoms with Crippen LogP contribution in [0.1, 0.15) is 11.1 Å². The first-order chi connectivity index (χ1) is 12.7. The summed E-state index contributed by atoms with van der Waals surface area (Å²) in [5.74, 6) is 0.484. The lowest BCUT2D eigenvalue weighted by atomic mass is 9.79. The van der Waals surface area contributed by atoms with Gasteiger partial charge in [-0.2, -0.15) is 4.39 Å². The van der Waals surface area contributed by atoms with Gasteiger partial charge in [-0.3, -0.25) is 0 Å². The van der Waals surface area contributed by atoms with Gasteiger partial charge >= 0.3 is 0 Å². The van der Waals surface area contributed by atoms with E-state index in [9.17, 15) is 4.39 Å². The molecule has 1 atom stereocenters. The maximum absolute atomic E-state index is 13.7. The number of aromatic nitrogens is 2. The minimum absolute atomic E-state index is 0.100. The molecule has 4 heterocycles. The molecule has 0 saturated heterocycles. The molecule has 0 saturated carbocycles. The van der Waals surface area contributed by atoms with Crippen LogP contribution >= 0.6 is 0 Å². The Labute approximate surface area is 148 Å². The van der Waals surface area contributed by atoms with Crippen molar-refractivity contribution in [1.82, 2.24) is 9.97 Å². The Morgan fingerprint density at radius 2 is 1.92 bits per heavy atom. The first kappa shape index (κ1) is 14.8. The summed E-state index contributed by atoms with van der Waals surface area (Å²) in [4.78, 5) is 12.6. The summed E-state index contributed by atoms with van der Waals surface area (Å²) in [5, 5.41) is 0. The van der Waals surface area contributed by atoms with Gasteiger partial charge in [-0.05, 0) is 29.3 Å². The van der Waals surface area contributed by atoms with E-state index < -0.39 is 11.5 Å². The zero-order chi connectivity index (χ0) is 17.7. The fourth-order valence-corrected chi connectivity index (χ4v) is 3.56. The van der Waals surface area contributed by atoms with Gasteiger partial charge in [-0.1, -0.05) is 18.2 Å². The van der Waals surface area contributed by atoms with Gasteiger partial charge in [0.25, 0.3) is 6.02 Å². The van der Waals surface area contributed by atoms with Crippen LogP contribution in [0.25, 0.3) is 11.1 Å². The smallest absolute Gasteiger partial charge is 0.283 e. The second kappa shape index (κ2) is 5.26. The van der Waals surface area contributed by atoms with Crippen LogP contribution in [0.2, 0.25) is 0 Å². The minimum Gasteiger partial charge on any atom is -0.462 e. The SMILES string of the molecule is NC1=NC2(CO1)c1ccccc1Oc1nccc(-c3ccnc(F)c3)c12. The highest BCUT2D eigenvalue weighted by molar-refractivity contribution is 5.80. The number of rotatable bonds is 1. The molecule has 2 aliphatic heterocycles. The Bertz CT molecular complexity index is 1070. The average molecular weight is 348 g/mol. The largest absolute Gasteiger partial charge is 0.462 e. The molecular formula is C19H13FN4O2. The lowest BCUT2D eigenvalue weighted by Gasteiger charge is -2.34. The maximum Gasteiger partial charge on any atom is 0.283 e. The van der Waals surface area contributed by atoms with Gasteiger partial charge < -0.3 is 15.2 Å². The van der Waals surface area contributed by atoms with Gasteiger partial charge in [0, 0.05) is 24.0 Å². The number of fused-ring (bicyclic) bond motifs is 4. The fraction of sp³-hybridized carbons (Fsp3) is 0.105.